The second-order valence-corrected chi connectivity index (χ2v) is 20.3. The number of aromatic nitrogens is 4. The maximum Gasteiger partial charge on any atom is 0.164 e. The summed E-state index contributed by atoms with van der Waals surface area (Å²) in [5, 5.41) is 0. The number of hydrogen-bond donors (Lipinski definition) is 0. The van der Waals surface area contributed by atoms with Gasteiger partial charge in [0.15, 0.2) is 17.5 Å². The van der Waals surface area contributed by atoms with Crippen molar-refractivity contribution in [2.45, 2.75) is 110 Å². The maximum absolute atomic E-state index is 5.32. The van der Waals surface area contributed by atoms with Crippen molar-refractivity contribution in [1.29, 1.82) is 0 Å². The van der Waals surface area contributed by atoms with Crippen molar-refractivity contribution in [1.82, 2.24) is 19.9 Å². The van der Waals surface area contributed by atoms with E-state index in [4.69, 9.17) is 19.9 Å². The SMILES string of the molecule is CCCCc1ccc2c(c1)-c1cc(CCCC)ccc1C21c2cc(-c3ccccn3)[c-]cc2-c2ccc(-c3nc(-c4ccc(C(C)(C)C)cc4)nc(-c4ccc(C(C)(C)C)cc4)n3)cc21.[Ir]. The zero-order valence-electron chi connectivity index (χ0n) is 39.6. The average Bonchev–Trinajstić information content (AvgIpc) is 3.77. The molecule has 2 heterocycles. The first kappa shape index (κ1) is 45.3. The van der Waals surface area contributed by atoms with Crippen LogP contribution in [0.15, 0.2) is 140 Å². The topological polar surface area (TPSA) is 51.6 Å². The summed E-state index contributed by atoms with van der Waals surface area (Å²) in [6.45, 7) is 18.0. The minimum atomic E-state index is -0.583. The third kappa shape index (κ3) is 7.99. The van der Waals surface area contributed by atoms with Crippen LogP contribution in [0.3, 0.4) is 0 Å². The van der Waals surface area contributed by atoms with Crippen molar-refractivity contribution in [3.63, 3.8) is 0 Å². The Kier molecular flexibility index (Phi) is 12.2. The molecule has 2 aliphatic carbocycles. The Balaban J connectivity index is 0.00000548. The molecule has 0 saturated heterocycles. The minimum absolute atomic E-state index is 0. The molecule has 0 saturated carbocycles. The summed E-state index contributed by atoms with van der Waals surface area (Å²) in [7, 11) is 0. The van der Waals surface area contributed by atoms with Crippen LogP contribution in [0.4, 0.5) is 0 Å². The Labute approximate surface area is 405 Å². The van der Waals surface area contributed by atoms with Crippen LogP contribution in [0.2, 0.25) is 0 Å². The molecular formula is C61H59IrN4-. The molecule has 6 aromatic carbocycles. The van der Waals surface area contributed by atoms with Crippen LogP contribution < -0.4 is 0 Å². The van der Waals surface area contributed by atoms with Gasteiger partial charge in [-0.25, -0.2) is 15.0 Å². The minimum Gasteiger partial charge on any atom is -0.305 e. The van der Waals surface area contributed by atoms with Crippen molar-refractivity contribution in [2.75, 3.05) is 0 Å². The summed E-state index contributed by atoms with van der Waals surface area (Å²) in [4.78, 5) is 20.6. The quantitative estimate of drug-likeness (QED) is 0.128. The molecule has 5 heteroatoms. The molecule has 1 radical (unpaired) electrons. The first-order valence-corrected chi connectivity index (χ1v) is 23.7. The summed E-state index contributed by atoms with van der Waals surface area (Å²) < 4.78 is 0. The third-order valence-electron chi connectivity index (χ3n) is 13.8. The van der Waals surface area contributed by atoms with Crippen molar-refractivity contribution < 1.29 is 20.1 Å². The summed E-state index contributed by atoms with van der Waals surface area (Å²) in [6.07, 6.45) is 8.68. The molecule has 2 aromatic heterocycles. The van der Waals surface area contributed by atoms with E-state index in [2.05, 4.69) is 189 Å². The number of benzene rings is 6. The Morgan fingerprint density at radius 1 is 0.485 bits per heavy atom. The smallest absolute Gasteiger partial charge is 0.164 e. The van der Waals surface area contributed by atoms with Crippen LogP contribution >= 0.6 is 0 Å². The van der Waals surface area contributed by atoms with E-state index in [-0.39, 0.29) is 30.9 Å². The molecule has 0 bridgehead atoms. The number of nitrogens with zero attached hydrogens (tertiary/aromatic N) is 4. The van der Waals surface area contributed by atoms with E-state index in [0.717, 1.165) is 40.8 Å². The van der Waals surface area contributed by atoms with Gasteiger partial charge >= 0.3 is 0 Å². The number of unbranched alkanes of at least 4 members (excludes halogenated alkanes) is 2. The second-order valence-electron chi connectivity index (χ2n) is 20.3. The number of fused-ring (bicyclic) bond motifs is 10. The predicted molar refractivity (Wildman–Crippen MR) is 269 cm³/mol. The van der Waals surface area contributed by atoms with E-state index in [1.807, 2.05) is 12.3 Å². The fraction of sp³-hybridized carbons (Fsp3) is 0.279. The number of hydrogen-bond acceptors (Lipinski definition) is 4. The molecule has 2 aliphatic rings. The molecule has 10 rings (SSSR count). The van der Waals surface area contributed by atoms with E-state index in [1.54, 1.807) is 0 Å². The maximum atomic E-state index is 5.32. The summed E-state index contributed by atoms with van der Waals surface area (Å²) in [6, 6.07) is 53.4. The average molecular weight is 1040 g/mol. The van der Waals surface area contributed by atoms with Crippen LogP contribution in [0.5, 0.6) is 0 Å². The molecule has 66 heavy (non-hydrogen) atoms. The molecule has 8 aromatic rings. The molecule has 0 aliphatic heterocycles. The van der Waals surface area contributed by atoms with Gasteiger partial charge in [-0.15, -0.1) is 29.3 Å². The second kappa shape index (κ2) is 17.7. The Hall–Kier alpha value is -5.87. The van der Waals surface area contributed by atoms with Crippen LogP contribution in [-0.4, -0.2) is 19.9 Å². The number of rotatable bonds is 10. The fourth-order valence-electron chi connectivity index (χ4n) is 10.2. The van der Waals surface area contributed by atoms with Crippen molar-refractivity contribution in [2.24, 2.45) is 0 Å². The van der Waals surface area contributed by atoms with Gasteiger partial charge in [0.25, 0.3) is 0 Å². The third-order valence-corrected chi connectivity index (χ3v) is 13.8. The zero-order valence-corrected chi connectivity index (χ0v) is 42.0. The Morgan fingerprint density at radius 2 is 0.985 bits per heavy atom. The monoisotopic (exact) mass is 1040 g/mol. The van der Waals surface area contributed by atoms with Crippen LogP contribution in [-0.2, 0) is 49.2 Å². The van der Waals surface area contributed by atoms with Gasteiger partial charge in [-0.3, -0.25) is 0 Å². The van der Waals surface area contributed by atoms with Gasteiger partial charge in [-0.2, -0.15) is 0 Å². The van der Waals surface area contributed by atoms with Gasteiger partial charge in [-0.1, -0.05) is 189 Å². The molecule has 0 amide bonds. The predicted octanol–water partition coefficient (Wildman–Crippen LogP) is 15.4. The van der Waals surface area contributed by atoms with Gasteiger partial charge in [0, 0.05) is 43.0 Å². The fourth-order valence-corrected chi connectivity index (χ4v) is 10.2. The number of aryl methyl sites for hydroxylation is 2. The largest absolute Gasteiger partial charge is 0.305 e. The molecule has 4 nitrogen and oxygen atoms in total. The summed E-state index contributed by atoms with van der Waals surface area (Å²) >= 11 is 0. The molecule has 333 valence electrons. The first-order valence-electron chi connectivity index (χ1n) is 23.7. The van der Waals surface area contributed by atoms with Crippen molar-refractivity contribution >= 4 is 0 Å². The van der Waals surface area contributed by atoms with Gasteiger partial charge < -0.3 is 4.98 Å². The van der Waals surface area contributed by atoms with Gasteiger partial charge in [0.1, 0.15) is 0 Å². The van der Waals surface area contributed by atoms with Gasteiger partial charge in [0.2, 0.25) is 0 Å². The Bertz CT molecular complexity index is 2930. The molecule has 0 fully saturated rings. The van der Waals surface area contributed by atoms with E-state index in [9.17, 15) is 0 Å². The summed E-state index contributed by atoms with van der Waals surface area (Å²) in [5.41, 5.74) is 19.9. The Morgan fingerprint density at radius 3 is 1.47 bits per heavy atom. The van der Waals surface area contributed by atoms with Gasteiger partial charge in [-0.05, 0) is 104 Å². The van der Waals surface area contributed by atoms with Gasteiger partial charge in [0.05, 0.1) is 5.41 Å². The summed E-state index contributed by atoms with van der Waals surface area (Å²) in [5.74, 6) is 1.98. The molecule has 0 unspecified atom stereocenters. The molecule has 0 atom stereocenters. The van der Waals surface area contributed by atoms with Crippen LogP contribution in [0.25, 0.3) is 67.7 Å². The standard InChI is InChI=1S/C61H59N4.Ir/c1-9-11-15-39-18-32-51-49(35-39)50-36-40(16-12-10-2)19-33-52(50)61(51)53-37-43(55-17-13-14-34-62-55)24-30-47(53)48-31-25-44(38-54(48)61)58-64-56(41-20-26-45(27-21-41)59(3,4)5)63-57(65-58)42-22-28-46(29-23-42)60(6,7)8;/h13-14,17-23,25-38H,9-12,15-16H2,1-8H3;/q-1;. The van der Waals surface area contributed by atoms with Crippen LogP contribution in [0, 0.1) is 6.07 Å². The molecule has 1 spiro atoms. The van der Waals surface area contributed by atoms with Crippen molar-refractivity contribution in [3.8, 4) is 67.7 Å². The van der Waals surface area contributed by atoms with E-state index < -0.39 is 5.41 Å². The normalized spacial score (nSPS) is 13.2. The molecule has 0 N–H and O–H groups in total. The number of pyridine rings is 1. The molecular weight excluding hydrogens is 981 g/mol. The first-order chi connectivity index (χ1) is 31.4. The zero-order chi connectivity index (χ0) is 45.1. The van der Waals surface area contributed by atoms with E-state index in [0.29, 0.717) is 17.5 Å². The van der Waals surface area contributed by atoms with E-state index >= 15 is 0 Å². The van der Waals surface area contributed by atoms with Crippen molar-refractivity contribution in [3.05, 3.63) is 190 Å². The van der Waals surface area contributed by atoms with Crippen LogP contribution in [0.1, 0.15) is 126 Å². The van der Waals surface area contributed by atoms with E-state index in [1.165, 1.54) is 92.4 Å².